The second-order valence-electron chi connectivity index (χ2n) is 11.4. The van der Waals surface area contributed by atoms with E-state index >= 15 is 0 Å². The number of hydrogen-bond acceptors (Lipinski definition) is 4. The molecule has 3 rings (SSSR count). The van der Waals surface area contributed by atoms with Crippen molar-refractivity contribution in [1.29, 1.82) is 0 Å². The lowest BCUT2D eigenvalue weighted by atomic mass is 9.60. The molecule has 30 heavy (non-hydrogen) atoms. The van der Waals surface area contributed by atoms with Crippen LogP contribution in [0.4, 0.5) is 4.79 Å². The molecule has 0 aromatic rings. The summed E-state index contributed by atoms with van der Waals surface area (Å²) in [5, 5.41) is 3.04. The zero-order chi connectivity index (χ0) is 21.6. The van der Waals surface area contributed by atoms with Crippen molar-refractivity contribution < 1.29 is 19.1 Å². The maximum Gasteiger partial charge on any atom is 0.407 e. The SMILES string of the molecule is CC1(C)CC(CC(=O)OC2CCCCC2)CC(C)(CNC(=O)OC2CCCCC2)C1. The van der Waals surface area contributed by atoms with Gasteiger partial charge in [-0.05, 0) is 87.4 Å². The Kier molecular flexibility index (Phi) is 8.09. The summed E-state index contributed by atoms with van der Waals surface area (Å²) in [4.78, 5) is 24.9. The van der Waals surface area contributed by atoms with Gasteiger partial charge >= 0.3 is 12.1 Å². The third-order valence-electron chi connectivity index (χ3n) is 7.32. The van der Waals surface area contributed by atoms with Gasteiger partial charge in [0.25, 0.3) is 0 Å². The van der Waals surface area contributed by atoms with Crippen LogP contribution in [0, 0.1) is 16.7 Å². The van der Waals surface area contributed by atoms with Crippen LogP contribution in [-0.4, -0.2) is 30.8 Å². The summed E-state index contributed by atoms with van der Waals surface area (Å²) < 4.78 is 11.4. The standard InChI is InChI=1S/C25H43NO4/c1-24(2)15-19(14-22(27)29-20-10-6-4-7-11-20)16-25(3,17-24)18-26-23(28)30-21-12-8-5-9-13-21/h19-21H,4-18H2,1-3H3,(H,26,28). The third-order valence-corrected chi connectivity index (χ3v) is 7.32. The summed E-state index contributed by atoms with van der Waals surface area (Å²) in [5.74, 6) is 0.280. The van der Waals surface area contributed by atoms with Gasteiger partial charge in [0.2, 0.25) is 0 Å². The molecule has 0 aliphatic heterocycles. The van der Waals surface area contributed by atoms with Crippen LogP contribution in [-0.2, 0) is 14.3 Å². The van der Waals surface area contributed by atoms with Crippen LogP contribution in [0.5, 0.6) is 0 Å². The summed E-state index contributed by atoms with van der Waals surface area (Å²) in [6, 6.07) is 0. The molecule has 0 heterocycles. The monoisotopic (exact) mass is 421 g/mol. The Hall–Kier alpha value is -1.26. The van der Waals surface area contributed by atoms with Gasteiger partial charge in [-0.25, -0.2) is 4.79 Å². The average molecular weight is 422 g/mol. The third kappa shape index (κ3) is 7.46. The fourth-order valence-electron chi connectivity index (χ4n) is 6.44. The number of alkyl carbamates (subject to hydrolysis) is 1. The first-order valence-corrected chi connectivity index (χ1v) is 12.4. The smallest absolute Gasteiger partial charge is 0.407 e. The van der Waals surface area contributed by atoms with Crippen molar-refractivity contribution in [1.82, 2.24) is 5.32 Å². The van der Waals surface area contributed by atoms with Crippen molar-refractivity contribution in [3.05, 3.63) is 0 Å². The zero-order valence-corrected chi connectivity index (χ0v) is 19.5. The number of amides is 1. The van der Waals surface area contributed by atoms with E-state index in [4.69, 9.17) is 9.47 Å². The van der Waals surface area contributed by atoms with E-state index in [-0.39, 0.29) is 35.1 Å². The Morgan fingerprint density at radius 1 is 0.833 bits per heavy atom. The lowest BCUT2D eigenvalue weighted by Gasteiger charge is -2.46. The molecule has 0 radical (unpaired) electrons. The Morgan fingerprint density at radius 2 is 1.40 bits per heavy atom. The highest BCUT2D eigenvalue weighted by Gasteiger charge is 2.42. The van der Waals surface area contributed by atoms with E-state index in [1.807, 2.05) is 0 Å². The van der Waals surface area contributed by atoms with E-state index in [1.165, 1.54) is 25.7 Å². The second kappa shape index (κ2) is 10.4. The Morgan fingerprint density at radius 3 is 2.00 bits per heavy atom. The minimum atomic E-state index is -0.278. The van der Waals surface area contributed by atoms with Gasteiger partial charge in [0, 0.05) is 13.0 Å². The molecule has 5 heteroatoms. The van der Waals surface area contributed by atoms with Crippen molar-refractivity contribution in [3.63, 3.8) is 0 Å². The molecule has 3 aliphatic rings. The lowest BCUT2D eigenvalue weighted by molar-refractivity contribution is -0.152. The maximum atomic E-state index is 12.6. The number of carbonyl (C=O) groups is 2. The summed E-state index contributed by atoms with van der Waals surface area (Å²) in [7, 11) is 0. The quantitative estimate of drug-likeness (QED) is 0.523. The first kappa shape index (κ1) is 23.4. The highest BCUT2D eigenvalue weighted by molar-refractivity contribution is 5.70. The lowest BCUT2D eigenvalue weighted by Crippen LogP contribution is -2.44. The number of hydrogen-bond donors (Lipinski definition) is 1. The minimum Gasteiger partial charge on any atom is -0.462 e. The molecule has 0 spiro atoms. The normalized spacial score (nSPS) is 30.4. The summed E-state index contributed by atoms with van der Waals surface area (Å²) in [6.07, 6.45) is 14.6. The van der Waals surface area contributed by atoms with Gasteiger partial charge in [0.05, 0.1) is 0 Å². The molecule has 172 valence electrons. The molecule has 3 fully saturated rings. The molecule has 2 unspecified atom stereocenters. The average Bonchev–Trinajstić information content (AvgIpc) is 2.66. The van der Waals surface area contributed by atoms with Crippen molar-refractivity contribution in [2.75, 3.05) is 6.54 Å². The van der Waals surface area contributed by atoms with Gasteiger partial charge in [-0.3, -0.25) is 4.79 Å². The second-order valence-corrected chi connectivity index (χ2v) is 11.4. The largest absolute Gasteiger partial charge is 0.462 e. The van der Waals surface area contributed by atoms with E-state index in [2.05, 4.69) is 26.1 Å². The molecular weight excluding hydrogens is 378 g/mol. The molecule has 0 aromatic heterocycles. The van der Waals surface area contributed by atoms with Crippen molar-refractivity contribution in [2.45, 2.75) is 123 Å². The van der Waals surface area contributed by atoms with Crippen molar-refractivity contribution in [3.8, 4) is 0 Å². The Labute approximate surface area is 183 Å². The van der Waals surface area contributed by atoms with E-state index < -0.39 is 0 Å². The van der Waals surface area contributed by atoms with Gasteiger partial charge < -0.3 is 14.8 Å². The minimum absolute atomic E-state index is 0.0247. The van der Waals surface area contributed by atoms with Crippen LogP contribution in [0.1, 0.15) is 111 Å². The van der Waals surface area contributed by atoms with Gasteiger partial charge in [-0.1, -0.05) is 33.6 Å². The predicted octanol–water partition coefficient (Wildman–Crippen LogP) is 6.14. The number of rotatable bonds is 6. The van der Waals surface area contributed by atoms with Crippen LogP contribution in [0.3, 0.4) is 0 Å². The van der Waals surface area contributed by atoms with E-state index in [1.54, 1.807) is 0 Å². The highest BCUT2D eigenvalue weighted by Crippen LogP contribution is 2.49. The molecule has 1 amide bonds. The first-order chi connectivity index (χ1) is 14.2. The summed E-state index contributed by atoms with van der Waals surface area (Å²) in [6.45, 7) is 7.42. The van der Waals surface area contributed by atoms with Gasteiger partial charge in [-0.15, -0.1) is 0 Å². The Balaban J connectivity index is 1.48. The maximum absolute atomic E-state index is 12.6. The van der Waals surface area contributed by atoms with Crippen LogP contribution in [0.25, 0.3) is 0 Å². The fourth-order valence-corrected chi connectivity index (χ4v) is 6.44. The topological polar surface area (TPSA) is 64.6 Å². The number of nitrogens with one attached hydrogen (secondary N) is 1. The predicted molar refractivity (Wildman–Crippen MR) is 118 cm³/mol. The van der Waals surface area contributed by atoms with Crippen LogP contribution < -0.4 is 5.32 Å². The number of carbonyl (C=O) groups excluding carboxylic acids is 2. The van der Waals surface area contributed by atoms with E-state index in [0.717, 1.165) is 57.8 Å². The van der Waals surface area contributed by atoms with Gasteiger partial charge in [-0.2, -0.15) is 0 Å². The molecule has 3 saturated carbocycles. The molecule has 5 nitrogen and oxygen atoms in total. The van der Waals surface area contributed by atoms with Gasteiger partial charge in [0.1, 0.15) is 12.2 Å². The van der Waals surface area contributed by atoms with Crippen molar-refractivity contribution >= 4 is 12.1 Å². The van der Waals surface area contributed by atoms with Crippen LogP contribution >= 0.6 is 0 Å². The zero-order valence-electron chi connectivity index (χ0n) is 19.5. The number of esters is 1. The van der Waals surface area contributed by atoms with E-state index in [9.17, 15) is 9.59 Å². The van der Waals surface area contributed by atoms with Gasteiger partial charge in [0.15, 0.2) is 0 Å². The fraction of sp³-hybridized carbons (Fsp3) is 0.920. The molecule has 1 N–H and O–H groups in total. The molecule has 2 atom stereocenters. The summed E-state index contributed by atoms with van der Waals surface area (Å²) >= 11 is 0. The van der Waals surface area contributed by atoms with Crippen LogP contribution in [0.2, 0.25) is 0 Å². The van der Waals surface area contributed by atoms with Crippen molar-refractivity contribution in [2.24, 2.45) is 16.7 Å². The van der Waals surface area contributed by atoms with E-state index in [0.29, 0.717) is 18.9 Å². The molecule has 0 aromatic carbocycles. The molecule has 0 saturated heterocycles. The first-order valence-electron chi connectivity index (χ1n) is 12.4. The highest BCUT2D eigenvalue weighted by atomic mass is 16.6. The molecule has 3 aliphatic carbocycles. The Bertz CT molecular complexity index is 578. The summed E-state index contributed by atoms with van der Waals surface area (Å²) in [5.41, 5.74) is 0.126. The molecular formula is C25H43NO4. The van der Waals surface area contributed by atoms with Crippen LogP contribution in [0.15, 0.2) is 0 Å². The molecule has 0 bridgehead atoms. The number of ether oxygens (including phenoxy) is 2.